The lowest BCUT2D eigenvalue weighted by molar-refractivity contribution is 0.0755. The molecule has 0 radical (unpaired) electrons. The third-order valence-electron chi connectivity index (χ3n) is 3.92. The van der Waals surface area contributed by atoms with Gasteiger partial charge >= 0.3 is 0 Å². The molecule has 2 bridgehead atoms. The van der Waals surface area contributed by atoms with E-state index in [9.17, 15) is 0 Å². The van der Waals surface area contributed by atoms with Gasteiger partial charge in [0.25, 0.3) is 0 Å². The zero-order chi connectivity index (χ0) is 10.2. The van der Waals surface area contributed by atoms with Crippen molar-refractivity contribution in [3.8, 4) is 0 Å². The molecule has 2 aliphatic rings. The Balaban J connectivity index is 2.09. The summed E-state index contributed by atoms with van der Waals surface area (Å²) in [6.07, 6.45) is 6.57. The first kappa shape index (κ1) is 10.2. The van der Waals surface area contributed by atoms with E-state index >= 15 is 0 Å². The quantitative estimate of drug-likeness (QED) is 0.644. The van der Waals surface area contributed by atoms with Crippen LogP contribution in [0.4, 0.5) is 0 Å². The van der Waals surface area contributed by atoms with Gasteiger partial charge in [0.15, 0.2) is 0 Å². The lowest BCUT2D eigenvalue weighted by Crippen LogP contribution is -2.41. The summed E-state index contributed by atoms with van der Waals surface area (Å²) in [5.74, 6) is 0.947. The second-order valence-electron chi connectivity index (χ2n) is 5.02. The molecule has 0 aromatic heterocycles. The van der Waals surface area contributed by atoms with Crippen LogP contribution < -0.4 is 0 Å². The minimum atomic E-state index is -1.80. The Kier molecular flexibility index (Phi) is 2.44. The van der Waals surface area contributed by atoms with Crippen molar-refractivity contribution >= 4 is 8.32 Å². The van der Waals surface area contributed by atoms with E-state index in [1.807, 2.05) is 11.4 Å². The van der Waals surface area contributed by atoms with Crippen molar-refractivity contribution < 1.29 is 4.43 Å². The first-order valence-electron chi connectivity index (χ1n) is 5.59. The highest BCUT2D eigenvalue weighted by molar-refractivity contribution is 6.82. The van der Waals surface area contributed by atoms with Crippen molar-refractivity contribution in [1.82, 2.24) is 0 Å². The van der Waals surface area contributed by atoms with Gasteiger partial charge in [0.05, 0.1) is 5.60 Å². The fourth-order valence-corrected chi connectivity index (χ4v) is 4.47. The summed E-state index contributed by atoms with van der Waals surface area (Å²) in [5.41, 5.74) is 4.22. The Hall–Kier alpha value is -0.343. The van der Waals surface area contributed by atoms with Crippen molar-refractivity contribution in [2.45, 2.75) is 44.3 Å². The Morgan fingerprint density at radius 1 is 1.29 bits per heavy atom. The van der Waals surface area contributed by atoms with E-state index in [1.165, 1.54) is 32.1 Å². The minimum Gasteiger partial charge on any atom is -0.404 e. The number of hydrogen-bond acceptors (Lipinski definition) is 1. The minimum absolute atomic E-state index is 0.216. The maximum atomic E-state index is 6.38. The van der Waals surface area contributed by atoms with E-state index in [4.69, 9.17) is 4.43 Å². The van der Waals surface area contributed by atoms with Gasteiger partial charge in [-0.3, -0.25) is 0 Å². The van der Waals surface area contributed by atoms with Crippen LogP contribution in [0.25, 0.3) is 0 Å². The highest BCUT2D eigenvalue weighted by Gasteiger charge is 2.48. The van der Waals surface area contributed by atoms with E-state index in [2.05, 4.69) is 19.7 Å². The van der Waals surface area contributed by atoms with Crippen LogP contribution in [0.3, 0.4) is 0 Å². The van der Waals surface area contributed by atoms with Crippen LogP contribution >= 0.6 is 0 Å². The van der Waals surface area contributed by atoms with Gasteiger partial charge in [-0.1, -0.05) is 11.4 Å². The lowest BCUT2D eigenvalue weighted by atomic mass is 9.98. The van der Waals surface area contributed by atoms with E-state index in [1.54, 1.807) is 0 Å². The SMILES string of the molecule is C=C[Si](C)(C=C)OC12CCC(CC1)C2. The smallest absolute Gasteiger partial charge is 0.238 e. The molecule has 14 heavy (non-hydrogen) atoms. The second-order valence-corrected chi connectivity index (χ2v) is 8.41. The predicted octanol–water partition coefficient (Wildman–Crippen LogP) is 3.36. The van der Waals surface area contributed by atoms with E-state index in [0.29, 0.717) is 0 Å². The maximum Gasteiger partial charge on any atom is 0.238 e. The average molecular weight is 208 g/mol. The fourth-order valence-electron chi connectivity index (χ4n) is 2.91. The number of fused-ring (bicyclic) bond motifs is 2. The molecule has 0 saturated heterocycles. The summed E-state index contributed by atoms with van der Waals surface area (Å²) in [5, 5.41) is 0. The highest BCUT2D eigenvalue weighted by atomic mass is 28.4. The van der Waals surface area contributed by atoms with E-state index < -0.39 is 8.32 Å². The highest BCUT2D eigenvalue weighted by Crippen LogP contribution is 2.51. The summed E-state index contributed by atoms with van der Waals surface area (Å²) < 4.78 is 6.38. The Morgan fingerprint density at radius 3 is 2.21 bits per heavy atom. The van der Waals surface area contributed by atoms with Crippen LogP contribution in [-0.2, 0) is 4.43 Å². The van der Waals surface area contributed by atoms with E-state index in [0.717, 1.165) is 5.92 Å². The molecule has 0 spiro atoms. The molecule has 0 atom stereocenters. The van der Waals surface area contributed by atoms with E-state index in [-0.39, 0.29) is 5.60 Å². The third kappa shape index (κ3) is 1.61. The van der Waals surface area contributed by atoms with Gasteiger partial charge in [-0.15, -0.1) is 13.2 Å². The van der Waals surface area contributed by atoms with Crippen molar-refractivity contribution in [2.75, 3.05) is 0 Å². The standard InChI is InChI=1S/C12H20OSi/c1-4-14(3,5-2)13-12-8-6-11(10-12)7-9-12/h4-5,11H,1-2,6-10H2,3H3. The van der Waals surface area contributed by atoms with Crippen molar-refractivity contribution in [3.05, 3.63) is 24.6 Å². The molecular weight excluding hydrogens is 188 g/mol. The molecule has 0 aromatic rings. The molecule has 0 aromatic carbocycles. The Bertz CT molecular complexity index is 243. The summed E-state index contributed by atoms with van der Waals surface area (Å²) in [7, 11) is -1.80. The van der Waals surface area contributed by atoms with Crippen LogP contribution in [0.15, 0.2) is 24.6 Å². The third-order valence-corrected chi connectivity index (χ3v) is 6.42. The van der Waals surface area contributed by atoms with Crippen LogP contribution in [-0.4, -0.2) is 13.9 Å². The molecule has 0 amide bonds. The van der Waals surface area contributed by atoms with Crippen LogP contribution in [0.5, 0.6) is 0 Å². The zero-order valence-corrected chi connectivity index (χ0v) is 10.1. The van der Waals surface area contributed by atoms with Gasteiger partial charge < -0.3 is 4.43 Å². The number of rotatable bonds is 4. The fraction of sp³-hybridized carbons (Fsp3) is 0.667. The number of hydrogen-bond donors (Lipinski definition) is 0. The van der Waals surface area contributed by atoms with Crippen molar-refractivity contribution in [1.29, 1.82) is 0 Å². The average Bonchev–Trinajstić information content (AvgIpc) is 2.77. The molecular formula is C12H20OSi. The van der Waals surface area contributed by atoms with Gasteiger partial charge in [-0.25, -0.2) is 0 Å². The molecule has 0 aliphatic heterocycles. The molecule has 1 nitrogen and oxygen atoms in total. The normalized spacial score (nSPS) is 35.9. The van der Waals surface area contributed by atoms with Crippen LogP contribution in [0.2, 0.25) is 6.55 Å². The Morgan fingerprint density at radius 2 is 1.86 bits per heavy atom. The molecule has 0 N–H and O–H groups in total. The topological polar surface area (TPSA) is 9.23 Å². The monoisotopic (exact) mass is 208 g/mol. The molecule has 2 aliphatic carbocycles. The van der Waals surface area contributed by atoms with Crippen molar-refractivity contribution in [2.24, 2.45) is 5.92 Å². The van der Waals surface area contributed by atoms with Gasteiger partial charge in [0.1, 0.15) is 0 Å². The lowest BCUT2D eigenvalue weighted by Gasteiger charge is -2.35. The summed E-state index contributed by atoms with van der Waals surface area (Å²) >= 11 is 0. The van der Waals surface area contributed by atoms with Gasteiger partial charge in [-0.2, -0.15) is 0 Å². The maximum absolute atomic E-state index is 6.38. The Labute approximate surface area is 88.0 Å². The predicted molar refractivity (Wildman–Crippen MR) is 62.4 cm³/mol. The summed E-state index contributed by atoms with van der Waals surface area (Å²) in [6.45, 7) is 9.97. The molecule has 0 unspecified atom stereocenters. The molecule has 2 heteroatoms. The van der Waals surface area contributed by atoms with Gasteiger partial charge in [-0.05, 0) is 44.6 Å². The summed E-state index contributed by atoms with van der Waals surface area (Å²) in [4.78, 5) is 0. The first-order chi connectivity index (χ1) is 6.61. The van der Waals surface area contributed by atoms with Crippen molar-refractivity contribution in [3.63, 3.8) is 0 Å². The summed E-state index contributed by atoms with van der Waals surface area (Å²) in [6, 6.07) is 0. The second kappa shape index (κ2) is 3.35. The zero-order valence-electron chi connectivity index (χ0n) is 9.09. The molecule has 78 valence electrons. The first-order valence-corrected chi connectivity index (χ1v) is 8.15. The van der Waals surface area contributed by atoms with Crippen LogP contribution in [0, 0.1) is 5.92 Å². The molecule has 2 rings (SSSR count). The largest absolute Gasteiger partial charge is 0.404 e. The molecule has 2 fully saturated rings. The van der Waals surface area contributed by atoms with Crippen LogP contribution in [0.1, 0.15) is 32.1 Å². The van der Waals surface area contributed by atoms with Gasteiger partial charge in [0, 0.05) is 0 Å². The molecule has 2 saturated carbocycles. The molecule has 0 heterocycles. The van der Waals surface area contributed by atoms with Gasteiger partial charge in [0.2, 0.25) is 8.32 Å².